The van der Waals surface area contributed by atoms with Crippen LogP contribution < -0.4 is 20.1 Å². The molecular weight excluding hydrogens is 353 g/mol. The quantitative estimate of drug-likeness (QED) is 0.645. The van der Waals surface area contributed by atoms with Crippen molar-refractivity contribution in [3.05, 3.63) is 23.8 Å². The molecule has 0 aliphatic rings. The van der Waals surface area contributed by atoms with Gasteiger partial charge in [0, 0.05) is 26.1 Å². The highest BCUT2D eigenvalue weighted by molar-refractivity contribution is 5.85. The number of carbonyl (C=O) groups is 1. The van der Waals surface area contributed by atoms with Gasteiger partial charge < -0.3 is 25.0 Å². The van der Waals surface area contributed by atoms with E-state index in [4.69, 9.17) is 9.47 Å². The summed E-state index contributed by atoms with van der Waals surface area (Å²) < 4.78 is 11.1. The maximum absolute atomic E-state index is 11.6. The topological polar surface area (TPSA) is 62.8 Å². The Hall–Kier alpha value is -1.21. The SMILES string of the molecule is CNCCC(=O)NCc1ccc(OCCN(C)C)c(OC)c1.Cl.Cl. The Morgan fingerprint density at radius 3 is 2.50 bits per heavy atom. The first-order valence-corrected chi connectivity index (χ1v) is 7.42. The van der Waals surface area contributed by atoms with E-state index >= 15 is 0 Å². The van der Waals surface area contributed by atoms with Gasteiger partial charge in [-0.25, -0.2) is 0 Å². The van der Waals surface area contributed by atoms with Gasteiger partial charge in [-0.15, -0.1) is 24.8 Å². The molecular formula is C16H29Cl2N3O3. The second-order valence-electron chi connectivity index (χ2n) is 5.27. The molecule has 1 amide bonds. The van der Waals surface area contributed by atoms with E-state index < -0.39 is 0 Å². The first-order valence-electron chi connectivity index (χ1n) is 7.42. The fourth-order valence-corrected chi connectivity index (χ4v) is 1.81. The molecule has 2 N–H and O–H groups in total. The molecule has 8 heteroatoms. The molecule has 140 valence electrons. The number of benzene rings is 1. The monoisotopic (exact) mass is 381 g/mol. The summed E-state index contributed by atoms with van der Waals surface area (Å²) in [5, 5.41) is 5.83. The van der Waals surface area contributed by atoms with Crippen molar-refractivity contribution >= 4 is 30.7 Å². The predicted octanol–water partition coefficient (Wildman–Crippen LogP) is 1.70. The molecule has 0 saturated carbocycles. The molecule has 0 aromatic heterocycles. The first kappa shape index (κ1) is 25.0. The van der Waals surface area contributed by atoms with E-state index in [1.54, 1.807) is 7.11 Å². The van der Waals surface area contributed by atoms with Gasteiger partial charge in [0.15, 0.2) is 11.5 Å². The zero-order valence-electron chi connectivity index (χ0n) is 14.8. The van der Waals surface area contributed by atoms with E-state index in [2.05, 4.69) is 15.5 Å². The smallest absolute Gasteiger partial charge is 0.221 e. The number of hydrogen-bond acceptors (Lipinski definition) is 5. The van der Waals surface area contributed by atoms with Crippen molar-refractivity contribution < 1.29 is 14.3 Å². The lowest BCUT2D eigenvalue weighted by Crippen LogP contribution is -2.26. The lowest BCUT2D eigenvalue weighted by molar-refractivity contribution is -0.121. The molecule has 0 atom stereocenters. The number of carbonyl (C=O) groups excluding carboxylic acids is 1. The predicted molar refractivity (Wildman–Crippen MR) is 102 cm³/mol. The molecule has 0 radical (unpaired) electrons. The Morgan fingerprint density at radius 1 is 1.21 bits per heavy atom. The van der Waals surface area contributed by atoms with Crippen LogP contribution in [0.3, 0.4) is 0 Å². The van der Waals surface area contributed by atoms with Crippen molar-refractivity contribution in [1.29, 1.82) is 0 Å². The van der Waals surface area contributed by atoms with Crippen LogP contribution in [0, 0.1) is 0 Å². The Kier molecular flexibility index (Phi) is 14.8. The standard InChI is InChI=1S/C16H27N3O3.2ClH/c1-17-8-7-16(20)18-12-13-5-6-14(15(11-13)21-4)22-10-9-19(2)3;;/h5-6,11,17H,7-10,12H2,1-4H3,(H,18,20);2*1H. The number of likely N-dealkylation sites (N-methyl/N-ethyl adjacent to an activating group) is 1. The van der Waals surface area contributed by atoms with Crippen molar-refractivity contribution in [3.63, 3.8) is 0 Å². The fourth-order valence-electron chi connectivity index (χ4n) is 1.81. The summed E-state index contributed by atoms with van der Waals surface area (Å²) in [7, 11) is 7.44. The average molecular weight is 382 g/mol. The summed E-state index contributed by atoms with van der Waals surface area (Å²) >= 11 is 0. The molecule has 6 nitrogen and oxygen atoms in total. The van der Waals surface area contributed by atoms with E-state index in [1.807, 2.05) is 39.3 Å². The van der Waals surface area contributed by atoms with Crippen molar-refractivity contribution in [1.82, 2.24) is 15.5 Å². The molecule has 1 aromatic rings. The van der Waals surface area contributed by atoms with Gasteiger partial charge in [0.25, 0.3) is 0 Å². The molecule has 0 aliphatic carbocycles. The Morgan fingerprint density at radius 2 is 1.92 bits per heavy atom. The Labute approximate surface area is 157 Å². The third-order valence-corrected chi connectivity index (χ3v) is 3.12. The number of nitrogens with one attached hydrogen (secondary N) is 2. The molecule has 0 fully saturated rings. The zero-order chi connectivity index (χ0) is 16.4. The lowest BCUT2D eigenvalue weighted by atomic mass is 10.2. The molecule has 0 spiro atoms. The molecule has 0 bridgehead atoms. The van der Waals surface area contributed by atoms with Crippen molar-refractivity contribution in [2.24, 2.45) is 0 Å². The highest BCUT2D eigenvalue weighted by atomic mass is 35.5. The highest BCUT2D eigenvalue weighted by Crippen LogP contribution is 2.28. The van der Waals surface area contributed by atoms with Gasteiger partial charge in [-0.1, -0.05) is 6.07 Å². The van der Waals surface area contributed by atoms with Gasteiger partial charge in [0.05, 0.1) is 7.11 Å². The van der Waals surface area contributed by atoms with Crippen LogP contribution in [0.2, 0.25) is 0 Å². The normalized spacial score (nSPS) is 9.71. The van der Waals surface area contributed by atoms with E-state index in [1.165, 1.54) is 0 Å². The van der Waals surface area contributed by atoms with Crippen LogP contribution in [0.5, 0.6) is 11.5 Å². The zero-order valence-corrected chi connectivity index (χ0v) is 16.4. The number of amides is 1. The fraction of sp³-hybridized carbons (Fsp3) is 0.562. The maximum atomic E-state index is 11.6. The van der Waals surface area contributed by atoms with Crippen molar-refractivity contribution in [3.8, 4) is 11.5 Å². The minimum absolute atomic E-state index is 0. The Balaban J connectivity index is 0. The molecule has 1 aromatic carbocycles. The number of hydrogen-bond donors (Lipinski definition) is 2. The summed E-state index contributed by atoms with van der Waals surface area (Å²) in [4.78, 5) is 13.6. The van der Waals surface area contributed by atoms with Crippen LogP contribution in [0.25, 0.3) is 0 Å². The van der Waals surface area contributed by atoms with E-state index in [-0.39, 0.29) is 30.7 Å². The van der Waals surface area contributed by atoms with E-state index in [9.17, 15) is 4.79 Å². The molecule has 0 aliphatic heterocycles. The Bertz CT molecular complexity index is 474. The second kappa shape index (κ2) is 14.2. The van der Waals surface area contributed by atoms with Gasteiger partial charge >= 0.3 is 0 Å². The number of ether oxygens (including phenoxy) is 2. The highest BCUT2D eigenvalue weighted by Gasteiger charge is 2.07. The summed E-state index contributed by atoms with van der Waals surface area (Å²) in [6, 6.07) is 5.71. The van der Waals surface area contributed by atoms with Gasteiger partial charge in [-0.2, -0.15) is 0 Å². The first-order chi connectivity index (χ1) is 10.6. The third-order valence-electron chi connectivity index (χ3n) is 3.12. The molecule has 24 heavy (non-hydrogen) atoms. The largest absolute Gasteiger partial charge is 0.493 e. The number of halogens is 2. The maximum Gasteiger partial charge on any atom is 0.221 e. The molecule has 1 rings (SSSR count). The van der Waals surface area contributed by atoms with Crippen molar-refractivity contribution in [2.75, 3.05) is 47.9 Å². The van der Waals surface area contributed by atoms with Crippen molar-refractivity contribution in [2.45, 2.75) is 13.0 Å². The van der Waals surface area contributed by atoms with Gasteiger partial charge in [-0.3, -0.25) is 4.79 Å². The van der Waals surface area contributed by atoms with Crippen LogP contribution in [-0.2, 0) is 11.3 Å². The second-order valence-corrected chi connectivity index (χ2v) is 5.27. The van der Waals surface area contributed by atoms with Crippen LogP contribution in [0.4, 0.5) is 0 Å². The van der Waals surface area contributed by atoms with Gasteiger partial charge in [-0.05, 0) is 38.8 Å². The van der Waals surface area contributed by atoms with Gasteiger partial charge in [0.2, 0.25) is 5.91 Å². The average Bonchev–Trinajstić information content (AvgIpc) is 2.51. The number of rotatable bonds is 10. The molecule has 0 unspecified atom stereocenters. The minimum Gasteiger partial charge on any atom is -0.493 e. The molecule has 0 heterocycles. The van der Waals surface area contributed by atoms with E-state index in [0.717, 1.165) is 17.9 Å². The number of methoxy groups -OCH3 is 1. The number of nitrogens with zero attached hydrogens (tertiary/aromatic N) is 1. The lowest BCUT2D eigenvalue weighted by Gasteiger charge is -2.14. The van der Waals surface area contributed by atoms with E-state index in [0.29, 0.717) is 31.9 Å². The summed E-state index contributed by atoms with van der Waals surface area (Å²) in [5.74, 6) is 1.43. The van der Waals surface area contributed by atoms with Crippen LogP contribution in [0.1, 0.15) is 12.0 Å². The van der Waals surface area contributed by atoms with Crippen LogP contribution in [0.15, 0.2) is 18.2 Å². The van der Waals surface area contributed by atoms with Crippen LogP contribution >= 0.6 is 24.8 Å². The van der Waals surface area contributed by atoms with Crippen LogP contribution in [-0.4, -0.2) is 58.8 Å². The third kappa shape index (κ3) is 9.82. The summed E-state index contributed by atoms with van der Waals surface area (Å²) in [5.41, 5.74) is 0.981. The summed E-state index contributed by atoms with van der Waals surface area (Å²) in [6.45, 7) is 2.60. The summed E-state index contributed by atoms with van der Waals surface area (Å²) in [6.07, 6.45) is 0.472. The minimum atomic E-state index is 0. The molecule has 0 saturated heterocycles. The van der Waals surface area contributed by atoms with Gasteiger partial charge in [0.1, 0.15) is 6.61 Å².